The Balaban J connectivity index is 1.75. The van der Waals surface area contributed by atoms with Crippen LogP contribution in [-0.2, 0) is 6.54 Å². The third-order valence-electron chi connectivity index (χ3n) is 4.06. The van der Waals surface area contributed by atoms with Crippen molar-refractivity contribution in [1.82, 2.24) is 20.2 Å². The summed E-state index contributed by atoms with van der Waals surface area (Å²) in [6.07, 6.45) is 0. The van der Waals surface area contributed by atoms with Gasteiger partial charge in [-0.15, -0.1) is 10.2 Å². The van der Waals surface area contributed by atoms with Crippen molar-refractivity contribution in [2.75, 3.05) is 0 Å². The number of ether oxygens (including phenoxy) is 1. The molecule has 0 amide bonds. The summed E-state index contributed by atoms with van der Waals surface area (Å²) < 4.78 is 6.65. The van der Waals surface area contributed by atoms with Crippen LogP contribution in [0.3, 0.4) is 0 Å². The van der Waals surface area contributed by atoms with Gasteiger partial charge in [-0.3, -0.25) is 9.78 Å². The van der Waals surface area contributed by atoms with Crippen LogP contribution in [0.2, 0.25) is 10.0 Å². The maximum Gasteiger partial charge on any atom is 0.349 e. The molecule has 11 heteroatoms. The molecule has 0 bridgehead atoms. The fraction of sp³-hybridized carbons (Fsp3) is 0.0556. The Morgan fingerprint density at radius 3 is 2.62 bits per heavy atom. The number of H-pyrrole nitrogens is 1. The molecule has 0 atom stereocenters. The van der Waals surface area contributed by atoms with Gasteiger partial charge in [-0.25, -0.2) is 4.79 Å². The highest BCUT2D eigenvalue weighted by Crippen LogP contribution is 2.36. The standard InChI is InChI=1S/C18H10Cl2N6O3/c19-12-5-10(26-18(28)23-16(27)14(7-21)25-26)6-13(20)15(12)29-17-11-4-2-1-3-9(11)8-22-24-17/h1-6,22H,8H2,(H,23,27,28). The predicted octanol–water partition coefficient (Wildman–Crippen LogP) is 1.94. The molecular weight excluding hydrogens is 419 g/mol. The SMILES string of the molecule is N#Cc1nn(-c2cc(Cl)c(OC3=NNCc4ccccc43)c(Cl)c2)c(=O)[nH]c1=O. The Kier molecular flexibility index (Phi) is 4.80. The van der Waals surface area contributed by atoms with E-state index in [1.165, 1.54) is 12.1 Å². The highest BCUT2D eigenvalue weighted by Gasteiger charge is 2.20. The molecule has 1 aromatic heterocycles. The van der Waals surface area contributed by atoms with E-state index in [4.69, 9.17) is 33.2 Å². The summed E-state index contributed by atoms with van der Waals surface area (Å²) in [5.41, 5.74) is 2.60. The summed E-state index contributed by atoms with van der Waals surface area (Å²) >= 11 is 12.6. The minimum absolute atomic E-state index is 0.0802. The van der Waals surface area contributed by atoms with E-state index in [1.54, 1.807) is 6.07 Å². The monoisotopic (exact) mass is 428 g/mol. The van der Waals surface area contributed by atoms with Crippen LogP contribution in [-0.4, -0.2) is 20.7 Å². The largest absolute Gasteiger partial charge is 0.434 e. The molecule has 0 unspecified atom stereocenters. The van der Waals surface area contributed by atoms with Crippen molar-refractivity contribution in [3.8, 4) is 17.5 Å². The average molecular weight is 429 g/mol. The molecule has 0 aliphatic carbocycles. The van der Waals surface area contributed by atoms with Gasteiger partial charge in [-0.2, -0.15) is 9.94 Å². The zero-order chi connectivity index (χ0) is 20.5. The zero-order valence-electron chi connectivity index (χ0n) is 14.4. The fourth-order valence-corrected chi connectivity index (χ4v) is 3.28. The molecule has 2 N–H and O–H groups in total. The van der Waals surface area contributed by atoms with Gasteiger partial charge in [0, 0.05) is 5.56 Å². The van der Waals surface area contributed by atoms with E-state index >= 15 is 0 Å². The van der Waals surface area contributed by atoms with Crippen LogP contribution < -0.4 is 21.4 Å². The van der Waals surface area contributed by atoms with Crippen LogP contribution >= 0.6 is 23.2 Å². The number of nitrogens with zero attached hydrogens (tertiary/aromatic N) is 4. The molecule has 0 saturated carbocycles. The number of rotatable bonds is 2. The van der Waals surface area contributed by atoms with E-state index in [2.05, 4.69) is 15.6 Å². The Labute approximate surface area is 172 Å². The maximum atomic E-state index is 12.1. The topological polar surface area (TPSA) is 125 Å². The van der Waals surface area contributed by atoms with Crippen LogP contribution in [0, 0.1) is 11.3 Å². The van der Waals surface area contributed by atoms with E-state index in [0.29, 0.717) is 6.54 Å². The molecule has 3 aromatic rings. The number of nitriles is 1. The van der Waals surface area contributed by atoms with E-state index in [-0.39, 0.29) is 27.4 Å². The van der Waals surface area contributed by atoms with Crippen molar-refractivity contribution < 1.29 is 4.74 Å². The lowest BCUT2D eigenvalue weighted by Crippen LogP contribution is -2.33. The molecule has 144 valence electrons. The van der Waals surface area contributed by atoms with Gasteiger partial charge in [0.1, 0.15) is 6.07 Å². The smallest absolute Gasteiger partial charge is 0.349 e. The van der Waals surface area contributed by atoms with Crippen LogP contribution in [0.1, 0.15) is 16.8 Å². The minimum atomic E-state index is -0.882. The highest BCUT2D eigenvalue weighted by atomic mass is 35.5. The summed E-state index contributed by atoms with van der Waals surface area (Å²) in [6.45, 7) is 0.561. The van der Waals surface area contributed by atoms with Crippen molar-refractivity contribution in [2.45, 2.75) is 6.54 Å². The van der Waals surface area contributed by atoms with Gasteiger partial charge in [0.05, 0.1) is 22.3 Å². The van der Waals surface area contributed by atoms with E-state index in [9.17, 15) is 9.59 Å². The summed E-state index contributed by atoms with van der Waals surface area (Å²) in [5.74, 6) is 0.418. The van der Waals surface area contributed by atoms with Crippen LogP contribution in [0.15, 0.2) is 51.1 Å². The molecule has 0 radical (unpaired) electrons. The second-order valence-corrected chi connectivity index (χ2v) is 6.70. The van der Waals surface area contributed by atoms with E-state index in [1.807, 2.05) is 29.2 Å². The molecule has 0 saturated heterocycles. The molecule has 9 nitrogen and oxygen atoms in total. The predicted molar refractivity (Wildman–Crippen MR) is 106 cm³/mol. The van der Waals surface area contributed by atoms with Crippen LogP contribution in [0.5, 0.6) is 5.75 Å². The molecule has 4 rings (SSSR count). The number of hydrogen-bond acceptors (Lipinski definition) is 7. The number of hydrogen-bond donors (Lipinski definition) is 2. The second kappa shape index (κ2) is 7.43. The average Bonchev–Trinajstić information content (AvgIpc) is 2.71. The first-order valence-electron chi connectivity index (χ1n) is 8.18. The summed E-state index contributed by atoms with van der Waals surface area (Å²) in [5, 5.41) is 17.0. The number of fused-ring (bicyclic) bond motifs is 1. The Bertz CT molecular complexity index is 1300. The van der Waals surface area contributed by atoms with Gasteiger partial charge in [-0.05, 0) is 23.8 Å². The van der Waals surface area contributed by atoms with Gasteiger partial charge in [0.15, 0.2) is 5.75 Å². The second-order valence-electron chi connectivity index (χ2n) is 5.88. The quantitative estimate of drug-likeness (QED) is 0.642. The fourth-order valence-electron chi connectivity index (χ4n) is 2.73. The van der Waals surface area contributed by atoms with Crippen LogP contribution in [0.25, 0.3) is 5.69 Å². The summed E-state index contributed by atoms with van der Waals surface area (Å²) in [7, 11) is 0. The van der Waals surface area contributed by atoms with E-state index in [0.717, 1.165) is 15.8 Å². The Morgan fingerprint density at radius 1 is 1.17 bits per heavy atom. The van der Waals surface area contributed by atoms with Gasteiger partial charge in [-0.1, -0.05) is 41.4 Å². The Hall–Kier alpha value is -3.61. The molecule has 2 heterocycles. The summed E-state index contributed by atoms with van der Waals surface area (Å²) in [4.78, 5) is 25.6. The number of benzene rings is 2. The third-order valence-corrected chi connectivity index (χ3v) is 4.62. The normalized spacial score (nSPS) is 12.4. The number of aromatic nitrogens is 3. The van der Waals surface area contributed by atoms with Gasteiger partial charge in [0.25, 0.3) is 5.56 Å². The molecular formula is C18H10Cl2N6O3. The maximum absolute atomic E-state index is 12.1. The lowest BCUT2D eigenvalue weighted by Gasteiger charge is -2.19. The van der Waals surface area contributed by atoms with Crippen LogP contribution in [0.4, 0.5) is 0 Å². The molecule has 29 heavy (non-hydrogen) atoms. The first-order chi connectivity index (χ1) is 14.0. The van der Waals surface area contributed by atoms with Gasteiger partial charge in [0.2, 0.25) is 11.6 Å². The number of hydrazone groups is 1. The van der Waals surface area contributed by atoms with Crippen molar-refractivity contribution in [1.29, 1.82) is 5.26 Å². The molecule has 0 fully saturated rings. The molecule has 1 aliphatic heterocycles. The number of nitrogens with one attached hydrogen (secondary N) is 2. The first kappa shape index (κ1) is 18.7. The van der Waals surface area contributed by atoms with Crippen molar-refractivity contribution >= 4 is 29.1 Å². The lowest BCUT2D eigenvalue weighted by atomic mass is 10.1. The molecule has 1 aliphatic rings. The minimum Gasteiger partial charge on any atom is -0.434 e. The lowest BCUT2D eigenvalue weighted by molar-refractivity contribution is 0.529. The number of aromatic amines is 1. The summed E-state index contributed by atoms with van der Waals surface area (Å²) in [6, 6.07) is 11.9. The van der Waals surface area contributed by atoms with Crippen molar-refractivity contribution in [3.05, 3.63) is 84.1 Å². The third kappa shape index (κ3) is 3.47. The molecule has 0 spiro atoms. The van der Waals surface area contributed by atoms with Gasteiger partial charge >= 0.3 is 5.69 Å². The molecule has 2 aromatic carbocycles. The van der Waals surface area contributed by atoms with Gasteiger partial charge < -0.3 is 10.2 Å². The van der Waals surface area contributed by atoms with E-state index < -0.39 is 16.9 Å². The zero-order valence-corrected chi connectivity index (χ0v) is 16.0. The van der Waals surface area contributed by atoms with Crippen molar-refractivity contribution in [2.24, 2.45) is 5.10 Å². The number of halogens is 2. The highest BCUT2D eigenvalue weighted by molar-refractivity contribution is 6.37. The first-order valence-corrected chi connectivity index (χ1v) is 8.93. The van der Waals surface area contributed by atoms with Crippen molar-refractivity contribution in [3.63, 3.8) is 0 Å². The Morgan fingerprint density at radius 2 is 1.90 bits per heavy atom.